The van der Waals surface area contributed by atoms with Crippen molar-refractivity contribution in [1.82, 2.24) is 0 Å². The number of azo groups is 1. The Hall–Kier alpha value is -4.29. The lowest BCUT2D eigenvalue weighted by molar-refractivity contribution is -0.134. The van der Waals surface area contributed by atoms with Crippen molar-refractivity contribution in [3.05, 3.63) is 41.5 Å². The Morgan fingerprint density at radius 3 is 2.12 bits per heavy atom. The third-order valence-electron chi connectivity index (χ3n) is 4.67. The first-order valence-corrected chi connectivity index (χ1v) is 11.7. The molecule has 2 aromatic carbocycles. The molecule has 0 heterocycles. The average molecular weight is 483 g/mol. The van der Waals surface area contributed by atoms with Crippen LogP contribution in [-0.2, 0) is 19.4 Å². The fourth-order valence-electron chi connectivity index (χ4n) is 3.10. The molecule has 2 rings (SSSR count). The van der Waals surface area contributed by atoms with Gasteiger partial charge in [-0.25, -0.2) is 8.42 Å². The zero-order chi connectivity index (χ0) is 25.5. The number of benzene rings is 2. The normalized spacial score (nSPS) is 11.0. The van der Waals surface area contributed by atoms with Crippen molar-refractivity contribution in [3.63, 3.8) is 0 Å². The van der Waals surface area contributed by atoms with Gasteiger partial charge in [-0.05, 0) is 44.2 Å². The van der Waals surface area contributed by atoms with Crippen LogP contribution >= 0.6 is 0 Å². The van der Waals surface area contributed by atoms with Crippen LogP contribution in [0.2, 0.25) is 0 Å². The van der Waals surface area contributed by atoms with Crippen LogP contribution in [-0.4, -0.2) is 44.2 Å². The van der Waals surface area contributed by atoms with E-state index in [0.717, 1.165) is 30.9 Å². The van der Waals surface area contributed by atoms with E-state index in [2.05, 4.69) is 20.4 Å². The van der Waals surface area contributed by atoms with E-state index in [-0.39, 0.29) is 28.4 Å². The SMILES string of the molecule is CCN(CC)c1ccc(N=Nc2c(C#N)cc(S(=O)(=O)CC(=O)O)cc2C#N)c(NC(C)=O)c1. The Balaban J connectivity index is 2.60. The molecule has 0 bridgehead atoms. The minimum atomic E-state index is -4.27. The van der Waals surface area contributed by atoms with Gasteiger partial charge in [0.15, 0.2) is 15.6 Å². The highest BCUT2D eigenvalue weighted by molar-refractivity contribution is 7.92. The maximum absolute atomic E-state index is 12.3. The molecule has 0 saturated carbocycles. The fraction of sp³-hybridized carbons (Fsp3) is 0.273. The van der Waals surface area contributed by atoms with E-state index >= 15 is 0 Å². The molecule has 0 atom stereocenters. The number of nitrogens with zero attached hydrogens (tertiary/aromatic N) is 5. The number of nitrogens with one attached hydrogen (secondary N) is 1. The third-order valence-corrected chi connectivity index (χ3v) is 6.26. The number of aliphatic carboxylic acids is 1. The molecule has 0 aromatic heterocycles. The summed E-state index contributed by atoms with van der Waals surface area (Å²) >= 11 is 0. The van der Waals surface area contributed by atoms with Crippen LogP contribution in [0.3, 0.4) is 0 Å². The van der Waals surface area contributed by atoms with E-state index in [1.807, 2.05) is 13.8 Å². The topological polar surface area (TPSA) is 176 Å². The van der Waals surface area contributed by atoms with Crippen LogP contribution in [0.1, 0.15) is 31.9 Å². The third kappa shape index (κ3) is 6.15. The van der Waals surface area contributed by atoms with Crippen LogP contribution < -0.4 is 10.2 Å². The van der Waals surface area contributed by atoms with Crippen molar-refractivity contribution in [3.8, 4) is 12.1 Å². The Morgan fingerprint density at radius 2 is 1.65 bits per heavy atom. The molecule has 12 heteroatoms. The van der Waals surface area contributed by atoms with Crippen molar-refractivity contribution >= 4 is 44.5 Å². The van der Waals surface area contributed by atoms with Gasteiger partial charge in [0.25, 0.3) is 0 Å². The van der Waals surface area contributed by atoms with Gasteiger partial charge in [-0.3, -0.25) is 9.59 Å². The number of carbonyl (C=O) groups excluding carboxylic acids is 1. The number of carboxylic acids is 1. The zero-order valence-corrected chi connectivity index (χ0v) is 19.5. The molecule has 2 aromatic rings. The molecular formula is C22H22N6O5S. The van der Waals surface area contributed by atoms with Crippen molar-refractivity contribution in [2.45, 2.75) is 25.7 Å². The molecule has 11 nitrogen and oxygen atoms in total. The van der Waals surface area contributed by atoms with Gasteiger partial charge >= 0.3 is 5.97 Å². The summed E-state index contributed by atoms with van der Waals surface area (Å²) in [6.45, 7) is 6.80. The van der Waals surface area contributed by atoms with Crippen LogP contribution in [0.15, 0.2) is 45.5 Å². The van der Waals surface area contributed by atoms with Gasteiger partial charge in [0.1, 0.15) is 23.5 Å². The second-order valence-electron chi connectivity index (χ2n) is 7.00. The second kappa shape index (κ2) is 11.0. The van der Waals surface area contributed by atoms with Crippen molar-refractivity contribution in [2.75, 3.05) is 29.1 Å². The number of anilines is 2. The first kappa shape index (κ1) is 26.0. The summed E-state index contributed by atoms with van der Waals surface area (Å²) in [5, 5.41) is 38.6. The van der Waals surface area contributed by atoms with Gasteiger partial charge in [0.05, 0.1) is 21.7 Å². The predicted molar refractivity (Wildman–Crippen MR) is 124 cm³/mol. The van der Waals surface area contributed by atoms with Gasteiger partial charge in [0, 0.05) is 25.7 Å². The molecule has 0 saturated heterocycles. The number of nitriles is 2. The number of rotatable bonds is 9. The zero-order valence-electron chi connectivity index (χ0n) is 18.7. The monoisotopic (exact) mass is 482 g/mol. The maximum atomic E-state index is 12.3. The van der Waals surface area contributed by atoms with Gasteiger partial charge in [-0.2, -0.15) is 10.5 Å². The Labute approximate surface area is 196 Å². The Kier molecular flexibility index (Phi) is 8.42. The summed E-state index contributed by atoms with van der Waals surface area (Å²) < 4.78 is 24.5. The molecule has 0 aliphatic rings. The molecule has 0 fully saturated rings. The van der Waals surface area contributed by atoms with Crippen LogP contribution in [0.4, 0.5) is 22.7 Å². The Morgan fingerprint density at radius 1 is 1.06 bits per heavy atom. The maximum Gasteiger partial charge on any atom is 0.319 e. The number of hydrogen-bond acceptors (Lipinski definition) is 9. The summed E-state index contributed by atoms with van der Waals surface area (Å²) in [5.41, 5.74) is 0.733. The number of hydrogen-bond donors (Lipinski definition) is 2. The van der Waals surface area contributed by atoms with E-state index in [4.69, 9.17) is 5.11 Å². The lowest BCUT2D eigenvalue weighted by atomic mass is 10.1. The highest BCUT2D eigenvalue weighted by atomic mass is 32.2. The highest BCUT2D eigenvalue weighted by Gasteiger charge is 2.23. The lowest BCUT2D eigenvalue weighted by Gasteiger charge is -2.22. The molecule has 34 heavy (non-hydrogen) atoms. The molecule has 0 aliphatic carbocycles. The van der Waals surface area contributed by atoms with Crippen LogP contribution in [0.5, 0.6) is 0 Å². The van der Waals surface area contributed by atoms with Crippen molar-refractivity contribution in [2.24, 2.45) is 10.2 Å². The summed E-state index contributed by atoms with van der Waals surface area (Å²) in [6.07, 6.45) is 0. The smallest absolute Gasteiger partial charge is 0.319 e. The van der Waals surface area contributed by atoms with Gasteiger partial charge < -0.3 is 15.3 Å². The summed E-state index contributed by atoms with van der Waals surface area (Å²) in [5.74, 6) is -3.10. The molecule has 0 spiro atoms. The summed E-state index contributed by atoms with van der Waals surface area (Å²) in [7, 11) is -4.27. The largest absolute Gasteiger partial charge is 0.480 e. The highest BCUT2D eigenvalue weighted by Crippen LogP contribution is 2.34. The molecule has 0 unspecified atom stereocenters. The number of sulfone groups is 1. The van der Waals surface area contributed by atoms with E-state index in [1.54, 1.807) is 30.3 Å². The lowest BCUT2D eigenvalue weighted by Crippen LogP contribution is -2.21. The van der Waals surface area contributed by atoms with Gasteiger partial charge in [-0.15, -0.1) is 10.2 Å². The molecule has 0 radical (unpaired) electrons. The van der Waals surface area contributed by atoms with E-state index in [1.165, 1.54) is 6.92 Å². The number of amides is 1. The first-order valence-electron chi connectivity index (χ1n) is 10.1. The summed E-state index contributed by atoms with van der Waals surface area (Å²) in [4.78, 5) is 24.1. The minimum absolute atomic E-state index is 0.180. The molecule has 1 amide bonds. The van der Waals surface area contributed by atoms with E-state index in [9.17, 15) is 28.5 Å². The number of carboxylic acid groups (broad SMARTS) is 1. The van der Waals surface area contributed by atoms with Crippen LogP contribution in [0.25, 0.3) is 0 Å². The minimum Gasteiger partial charge on any atom is -0.480 e. The standard InChI is InChI=1S/C22H22N6O5S/c1-4-28(5-2)17-6-7-19(20(10-17)25-14(3)29)26-27-22-15(11-23)8-18(9-16(22)12-24)34(32,33)13-21(30)31/h6-10H,4-5,13H2,1-3H3,(H,25,29)(H,30,31). The van der Waals surface area contributed by atoms with Gasteiger partial charge in [-0.1, -0.05) is 0 Å². The quantitative estimate of drug-likeness (QED) is 0.510. The van der Waals surface area contributed by atoms with E-state index < -0.39 is 26.5 Å². The molecule has 176 valence electrons. The summed E-state index contributed by atoms with van der Waals surface area (Å²) in [6, 6.07) is 10.6. The first-order chi connectivity index (χ1) is 16.1. The van der Waals surface area contributed by atoms with Crippen molar-refractivity contribution < 1.29 is 23.1 Å². The van der Waals surface area contributed by atoms with Gasteiger partial charge in [0.2, 0.25) is 5.91 Å². The van der Waals surface area contributed by atoms with Crippen LogP contribution in [0, 0.1) is 22.7 Å². The van der Waals surface area contributed by atoms with E-state index in [0.29, 0.717) is 5.69 Å². The fourth-order valence-corrected chi connectivity index (χ4v) is 4.19. The number of carbonyl (C=O) groups is 2. The van der Waals surface area contributed by atoms with Crippen molar-refractivity contribution in [1.29, 1.82) is 10.5 Å². The molecule has 2 N–H and O–H groups in total. The predicted octanol–water partition coefficient (Wildman–Crippen LogP) is 3.51. The average Bonchev–Trinajstić information content (AvgIpc) is 2.77. The molecule has 0 aliphatic heterocycles. The molecular weight excluding hydrogens is 460 g/mol. The Bertz CT molecular complexity index is 1300. The second-order valence-corrected chi connectivity index (χ2v) is 8.99.